The van der Waals surface area contributed by atoms with Crippen molar-refractivity contribution in [3.63, 3.8) is 0 Å². The van der Waals surface area contributed by atoms with Crippen molar-refractivity contribution in [3.8, 4) is 5.75 Å². The molecule has 0 fully saturated rings. The molecule has 11 heteroatoms. The lowest BCUT2D eigenvalue weighted by Gasteiger charge is -2.28. The number of alkyl halides is 3. The average Bonchev–Trinajstić information content (AvgIpc) is 2.97. The van der Waals surface area contributed by atoms with Gasteiger partial charge < -0.3 is 9.47 Å². The Kier molecular flexibility index (Phi) is 6.88. The van der Waals surface area contributed by atoms with Crippen molar-refractivity contribution in [2.24, 2.45) is 0 Å². The number of para-hydroxylation sites is 2. The number of methoxy groups -OCH3 is 1. The van der Waals surface area contributed by atoms with E-state index in [1.54, 1.807) is 24.3 Å². The molecule has 192 valence electrons. The molecule has 0 unspecified atom stereocenters. The number of rotatable bonds is 5. The third-order valence-corrected chi connectivity index (χ3v) is 6.11. The zero-order valence-corrected chi connectivity index (χ0v) is 19.7. The third kappa shape index (κ3) is 4.97. The van der Waals surface area contributed by atoms with Gasteiger partial charge in [0.1, 0.15) is 11.4 Å². The molecule has 1 aliphatic rings. The lowest BCUT2D eigenvalue weighted by Crippen LogP contribution is -2.41. The number of fused-ring (bicyclic) bond motifs is 1. The fourth-order valence-corrected chi connectivity index (χ4v) is 4.52. The number of carbonyl (C=O) groups excluding carboxylic acids is 2. The van der Waals surface area contributed by atoms with E-state index in [1.165, 1.54) is 31.4 Å². The summed E-state index contributed by atoms with van der Waals surface area (Å²) >= 11 is 0. The Bertz CT molecular complexity index is 1360. The van der Waals surface area contributed by atoms with E-state index in [-0.39, 0.29) is 23.4 Å². The summed E-state index contributed by atoms with van der Waals surface area (Å²) in [5.41, 5.74) is -1.75. The van der Waals surface area contributed by atoms with Crippen LogP contribution in [0, 0.1) is 10.1 Å². The molecule has 0 N–H and O–H groups in total. The van der Waals surface area contributed by atoms with Gasteiger partial charge in [-0.3, -0.25) is 24.6 Å². The molecule has 8 nitrogen and oxygen atoms in total. The number of hydrogen-bond acceptors (Lipinski definition) is 6. The first-order valence-corrected chi connectivity index (χ1v) is 11.1. The Morgan fingerprint density at radius 1 is 1.03 bits per heavy atom. The summed E-state index contributed by atoms with van der Waals surface area (Å²) in [6, 6.07) is 14.8. The molecule has 37 heavy (non-hydrogen) atoms. The van der Waals surface area contributed by atoms with Gasteiger partial charge in [-0.05, 0) is 47.9 Å². The summed E-state index contributed by atoms with van der Waals surface area (Å²) in [6.45, 7) is 1.08. The second-order valence-electron chi connectivity index (χ2n) is 8.33. The lowest BCUT2D eigenvalue weighted by molar-refractivity contribution is -0.384. The summed E-state index contributed by atoms with van der Waals surface area (Å²) in [4.78, 5) is 38.0. The fraction of sp³-hybridized carbons (Fsp3) is 0.231. The van der Waals surface area contributed by atoms with Crippen LogP contribution < -0.4 is 9.64 Å². The number of amides is 1. The largest absolute Gasteiger partial charge is 0.497 e. The van der Waals surface area contributed by atoms with Gasteiger partial charge in [-0.1, -0.05) is 30.3 Å². The van der Waals surface area contributed by atoms with Gasteiger partial charge in [0.15, 0.2) is 6.10 Å². The second-order valence-corrected chi connectivity index (χ2v) is 8.33. The quantitative estimate of drug-likeness (QED) is 0.251. The third-order valence-electron chi connectivity index (χ3n) is 6.11. The molecule has 0 bridgehead atoms. The molecule has 0 radical (unpaired) electrons. The molecule has 0 saturated carbocycles. The van der Waals surface area contributed by atoms with E-state index >= 15 is 0 Å². The van der Waals surface area contributed by atoms with E-state index in [9.17, 15) is 32.9 Å². The van der Waals surface area contributed by atoms with Crippen molar-refractivity contribution < 1.29 is 37.2 Å². The summed E-state index contributed by atoms with van der Waals surface area (Å²) in [5, 5.41) is 11.8. The van der Waals surface area contributed by atoms with Crippen LogP contribution in [0.4, 0.5) is 30.2 Å². The van der Waals surface area contributed by atoms with E-state index in [0.717, 1.165) is 30.0 Å². The van der Waals surface area contributed by atoms with Crippen LogP contribution in [0.1, 0.15) is 29.5 Å². The number of nitro benzene ring substituents is 1. The average molecular weight is 514 g/mol. The number of ether oxygens (including phenoxy) is 2. The minimum atomic E-state index is -4.78. The van der Waals surface area contributed by atoms with Crippen molar-refractivity contribution in [2.75, 3.05) is 12.0 Å². The lowest BCUT2D eigenvalue weighted by atomic mass is 9.86. The van der Waals surface area contributed by atoms with E-state index in [4.69, 9.17) is 9.47 Å². The first kappa shape index (κ1) is 25.7. The van der Waals surface area contributed by atoms with Crippen LogP contribution in [-0.4, -0.2) is 30.0 Å². The fourth-order valence-electron chi connectivity index (χ4n) is 4.52. The maximum Gasteiger partial charge on any atom is 0.416 e. The number of benzene rings is 3. The molecule has 4 rings (SSSR count). The summed E-state index contributed by atoms with van der Waals surface area (Å²) in [5.74, 6) is -2.30. The Hall–Kier alpha value is -4.41. The minimum absolute atomic E-state index is 0.178. The number of anilines is 2. The highest BCUT2D eigenvalue weighted by molar-refractivity contribution is 6.07. The molecule has 1 aliphatic heterocycles. The smallest absolute Gasteiger partial charge is 0.416 e. The molecule has 0 spiro atoms. The van der Waals surface area contributed by atoms with Crippen molar-refractivity contribution in [2.45, 2.75) is 31.5 Å². The van der Waals surface area contributed by atoms with E-state index in [0.29, 0.717) is 11.3 Å². The zero-order chi connectivity index (χ0) is 26.9. The molecule has 1 amide bonds. The van der Waals surface area contributed by atoms with Crippen molar-refractivity contribution in [1.29, 1.82) is 0 Å². The van der Waals surface area contributed by atoms with Gasteiger partial charge in [0.2, 0.25) is 0 Å². The van der Waals surface area contributed by atoms with Gasteiger partial charge in [0, 0.05) is 18.9 Å². The Morgan fingerprint density at radius 2 is 1.68 bits per heavy atom. The van der Waals surface area contributed by atoms with Crippen molar-refractivity contribution in [1.82, 2.24) is 0 Å². The summed E-state index contributed by atoms with van der Waals surface area (Å²) in [7, 11) is 1.45. The molecule has 3 aromatic carbocycles. The Labute approximate surface area is 209 Å². The van der Waals surface area contributed by atoms with Crippen LogP contribution >= 0.6 is 0 Å². The van der Waals surface area contributed by atoms with Crippen LogP contribution in [0.25, 0.3) is 0 Å². The predicted octanol–water partition coefficient (Wildman–Crippen LogP) is 5.56. The van der Waals surface area contributed by atoms with Gasteiger partial charge in [-0.15, -0.1) is 0 Å². The topological polar surface area (TPSA) is 99.0 Å². The molecule has 0 aromatic heterocycles. The first-order chi connectivity index (χ1) is 17.5. The van der Waals surface area contributed by atoms with Gasteiger partial charge in [-0.2, -0.15) is 13.2 Å². The highest BCUT2D eigenvalue weighted by Gasteiger charge is 2.45. The summed E-state index contributed by atoms with van der Waals surface area (Å²) < 4.78 is 53.0. The number of esters is 1. The summed E-state index contributed by atoms with van der Waals surface area (Å²) in [6.07, 6.45) is -6.69. The molecule has 0 aliphatic carbocycles. The molecular weight excluding hydrogens is 493 g/mol. The highest BCUT2D eigenvalue weighted by Crippen LogP contribution is 2.46. The second kappa shape index (κ2) is 9.92. The molecule has 3 aromatic rings. The van der Waals surface area contributed by atoms with Gasteiger partial charge >= 0.3 is 12.1 Å². The SMILES string of the molecule is COc1ccc([C@@H]2Cc3c(cccc3C(F)(F)F)N(c3ccccc3[N+](=O)[O-])C(=O)[C@@H]2OC(C)=O)cc1. The Balaban J connectivity index is 2.02. The number of halogens is 3. The standard InChI is InChI=1S/C26H21F3N2O6/c1-15(32)37-24-18(16-10-12-17(36-2)13-11-16)14-19-20(26(27,28)29)6-5-9-21(19)30(25(24)33)22-7-3-4-8-23(22)31(34)35/h3-13,18,24H,14H2,1-2H3/t18-,24+/m0/s1. The van der Waals surface area contributed by atoms with Gasteiger partial charge in [-0.25, -0.2) is 0 Å². The number of nitrogens with zero attached hydrogens (tertiary/aromatic N) is 2. The van der Waals surface area contributed by atoms with Crippen LogP contribution in [0.2, 0.25) is 0 Å². The van der Waals surface area contributed by atoms with Gasteiger partial charge in [0.25, 0.3) is 11.6 Å². The molecule has 0 saturated heterocycles. The van der Waals surface area contributed by atoms with Crippen LogP contribution in [0.5, 0.6) is 5.75 Å². The minimum Gasteiger partial charge on any atom is -0.497 e. The maximum atomic E-state index is 14.2. The van der Waals surface area contributed by atoms with Crippen LogP contribution in [-0.2, 0) is 26.9 Å². The number of carbonyl (C=O) groups is 2. The molecular formula is C26H21F3N2O6. The van der Waals surface area contributed by atoms with E-state index in [2.05, 4.69) is 0 Å². The number of hydrogen-bond donors (Lipinski definition) is 0. The monoisotopic (exact) mass is 514 g/mol. The maximum absolute atomic E-state index is 14.2. The first-order valence-electron chi connectivity index (χ1n) is 11.1. The van der Waals surface area contributed by atoms with Crippen LogP contribution in [0.3, 0.4) is 0 Å². The normalized spacial score (nSPS) is 17.5. The van der Waals surface area contributed by atoms with E-state index < -0.39 is 46.2 Å². The molecule has 1 heterocycles. The van der Waals surface area contributed by atoms with Crippen molar-refractivity contribution >= 4 is 28.9 Å². The Morgan fingerprint density at radius 3 is 2.27 bits per heavy atom. The predicted molar refractivity (Wildman–Crippen MR) is 127 cm³/mol. The van der Waals surface area contributed by atoms with Gasteiger partial charge in [0.05, 0.1) is 23.3 Å². The van der Waals surface area contributed by atoms with E-state index in [1.807, 2.05) is 0 Å². The number of nitro groups is 1. The van der Waals surface area contributed by atoms with Crippen LogP contribution in [0.15, 0.2) is 66.7 Å². The molecule has 2 atom stereocenters. The van der Waals surface area contributed by atoms with Crippen molar-refractivity contribution in [3.05, 3.63) is 93.5 Å². The zero-order valence-electron chi connectivity index (χ0n) is 19.7. The highest BCUT2D eigenvalue weighted by atomic mass is 19.4.